The number of rotatable bonds is 5. The van der Waals surface area contributed by atoms with E-state index in [0.29, 0.717) is 17.8 Å². The second kappa shape index (κ2) is 7.41. The lowest BCUT2D eigenvalue weighted by atomic mass is 10.1. The van der Waals surface area contributed by atoms with Crippen molar-refractivity contribution in [3.05, 3.63) is 86.7 Å². The first-order valence-corrected chi connectivity index (χ1v) is 8.51. The van der Waals surface area contributed by atoms with E-state index in [1.807, 2.05) is 30.7 Å². The van der Waals surface area contributed by atoms with Crippen LogP contribution in [0.5, 0.6) is 0 Å². The van der Waals surface area contributed by atoms with Crippen LogP contribution in [0, 0.1) is 30.9 Å². The third-order valence-corrected chi connectivity index (χ3v) is 4.54. The second-order valence-corrected chi connectivity index (χ2v) is 6.39. The Kier molecular flexibility index (Phi) is 5.03. The molecule has 0 radical (unpaired) electrons. The highest BCUT2D eigenvalue weighted by Crippen LogP contribution is 2.22. The fraction of sp³-hybridized carbons (Fsp3) is 0.200. The smallest absolute Gasteiger partial charge is 0.269 e. The van der Waals surface area contributed by atoms with Crippen molar-refractivity contribution in [1.82, 2.24) is 9.78 Å². The van der Waals surface area contributed by atoms with E-state index in [0.717, 1.165) is 17.0 Å². The Morgan fingerprint density at radius 2 is 1.78 bits per heavy atom. The van der Waals surface area contributed by atoms with Crippen LogP contribution in [0.4, 0.5) is 11.4 Å². The molecule has 7 nitrogen and oxygen atoms in total. The number of amides is 1. The van der Waals surface area contributed by atoms with Gasteiger partial charge in [-0.05, 0) is 44.0 Å². The molecule has 0 aliphatic rings. The molecule has 2 aromatic carbocycles. The van der Waals surface area contributed by atoms with E-state index < -0.39 is 4.92 Å². The van der Waals surface area contributed by atoms with Crippen LogP contribution in [0.2, 0.25) is 0 Å². The summed E-state index contributed by atoms with van der Waals surface area (Å²) >= 11 is 0. The summed E-state index contributed by atoms with van der Waals surface area (Å²) < 4.78 is 1.86. The maximum Gasteiger partial charge on any atom is 0.269 e. The number of carbonyl (C=O) groups is 1. The van der Waals surface area contributed by atoms with Crippen LogP contribution in [0.3, 0.4) is 0 Å². The number of non-ortho nitro benzene ring substituents is 1. The highest BCUT2D eigenvalue weighted by Gasteiger charge is 2.16. The third kappa shape index (κ3) is 3.87. The van der Waals surface area contributed by atoms with Crippen LogP contribution >= 0.6 is 0 Å². The zero-order chi connectivity index (χ0) is 19.6. The number of carbonyl (C=O) groups excluding carboxylic acids is 1. The maximum atomic E-state index is 12.5. The molecule has 0 aliphatic carbocycles. The number of benzene rings is 2. The maximum absolute atomic E-state index is 12.5. The highest BCUT2D eigenvalue weighted by atomic mass is 16.6. The molecule has 0 spiro atoms. The molecular weight excluding hydrogens is 344 g/mol. The quantitative estimate of drug-likeness (QED) is 0.547. The molecule has 3 aromatic rings. The van der Waals surface area contributed by atoms with E-state index >= 15 is 0 Å². The average molecular weight is 364 g/mol. The molecule has 1 amide bonds. The first-order valence-electron chi connectivity index (χ1n) is 8.51. The number of nitro groups is 1. The number of hydrogen-bond donors (Lipinski definition) is 1. The molecule has 0 fully saturated rings. The normalized spacial score (nSPS) is 10.6. The summed E-state index contributed by atoms with van der Waals surface area (Å²) in [6.45, 7) is 6.42. The molecule has 27 heavy (non-hydrogen) atoms. The van der Waals surface area contributed by atoms with Gasteiger partial charge in [-0.3, -0.25) is 19.6 Å². The Labute approximate surface area is 156 Å². The largest absolute Gasteiger partial charge is 0.319 e. The molecule has 3 rings (SSSR count). The van der Waals surface area contributed by atoms with E-state index in [1.165, 1.54) is 29.8 Å². The molecule has 0 aliphatic heterocycles. The number of nitrogens with one attached hydrogen (secondary N) is 1. The summed E-state index contributed by atoms with van der Waals surface area (Å²) in [5.41, 5.74) is 4.88. The zero-order valence-electron chi connectivity index (χ0n) is 15.4. The summed E-state index contributed by atoms with van der Waals surface area (Å²) in [6, 6.07) is 13.6. The van der Waals surface area contributed by atoms with Gasteiger partial charge in [0.05, 0.1) is 28.5 Å². The van der Waals surface area contributed by atoms with Crippen LogP contribution in [0.1, 0.15) is 32.9 Å². The molecule has 0 unspecified atom stereocenters. The van der Waals surface area contributed by atoms with Gasteiger partial charge in [-0.25, -0.2) is 0 Å². The van der Waals surface area contributed by atoms with Gasteiger partial charge in [0.25, 0.3) is 11.6 Å². The monoisotopic (exact) mass is 364 g/mol. The summed E-state index contributed by atoms with van der Waals surface area (Å²) in [4.78, 5) is 22.7. The average Bonchev–Trinajstić information content (AvgIpc) is 2.91. The Morgan fingerprint density at radius 3 is 2.41 bits per heavy atom. The third-order valence-electron chi connectivity index (χ3n) is 4.54. The first-order chi connectivity index (χ1) is 12.9. The summed E-state index contributed by atoms with van der Waals surface area (Å²) in [7, 11) is 0. The van der Waals surface area contributed by atoms with E-state index in [1.54, 1.807) is 0 Å². The molecule has 1 heterocycles. The lowest BCUT2D eigenvalue weighted by molar-refractivity contribution is -0.384. The van der Waals surface area contributed by atoms with Crippen molar-refractivity contribution in [2.75, 3.05) is 5.32 Å². The lowest BCUT2D eigenvalue weighted by Gasteiger charge is -2.09. The van der Waals surface area contributed by atoms with Gasteiger partial charge in [-0.1, -0.05) is 24.3 Å². The van der Waals surface area contributed by atoms with Crippen LogP contribution in [0.25, 0.3) is 0 Å². The standard InChI is InChI=1S/C20H20N4O3/c1-13-6-4-5-7-17(13)12-23-15(3)19(14(2)22-23)21-20(25)16-8-10-18(11-9-16)24(26)27/h4-11H,12H2,1-3H3,(H,21,25). The van der Waals surface area contributed by atoms with Crippen molar-refractivity contribution in [2.24, 2.45) is 0 Å². The van der Waals surface area contributed by atoms with Crippen molar-refractivity contribution in [1.29, 1.82) is 0 Å². The van der Waals surface area contributed by atoms with Crippen LogP contribution < -0.4 is 5.32 Å². The Morgan fingerprint density at radius 1 is 1.11 bits per heavy atom. The van der Waals surface area contributed by atoms with Crippen LogP contribution in [0.15, 0.2) is 48.5 Å². The number of hydrogen-bond acceptors (Lipinski definition) is 4. The van der Waals surface area contributed by atoms with Gasteiger partial charge in [0.1, 0.15) is 0 Å². The van der Waals surface area contributed by atoms with Gasteiger partial charge in [-0.15, -0.1) is 0 Å². The number of nitro benzene ring substituents is 1. The Hall–Kier alpha value is -3.48. The molecule has 1 N–H and O–H groups in total. The number of nitrogens with zero attached hydrogens (tertiary/aromatic N) is 3. The van der Waals surface area contributed by atoms with Gasteiger partial charge >= 0.3 is 0 Å². The topological polar surface area (TPSA) is 90.1 Å². The molecule has 7 heteroatoms. The van der Waals surface area contributed by atoms with Gasteiger partial charge in [0.15, 0.2) is 0 Å². The molecule has 0 saturated carbocycles. The molecular formula is C20H20N4O3. The second-order valence-electron chi connectivity index (χ2n) is 6.39. The minimum atomic E-state index is -0.494. The molecule has 138 valence electrons. The number of aromatic nitrogens is 2. The van der Waals surface area contributed by atoms with Crippen molar-refractivity contribution in [3.63, 3.8) is 0 Å². The van der Waals surface area contributed by atoms with Crippen LogP contribution in [-0.4, -0.2) is 20.6 Å². The summed E-state index contributed by atoms with van der Waals surface area (Å²) in [5, 5.41) is 18.1. The predicted octanol–water partition coefficient (Wildman–Crippen LogP) is 4.02. The predicted molar refractivity (Wildman–Crippen MR) is 103 cm³/mol. The van der Waals surface area contributed by atoms with Gasteiger partial charge in [0, 0.05) is 17.7 Å². The lowest BCUT2D eigenvalue weighted by Crippen LogP contribution is -2.13. The van der Waals surface area contributed by atoms with Crippen molar-refractivity contribution < 1.29 is 9.72 Å². The van der Waals surface area contributed by atoms with Gasteiger partial charge in [0.2, 0.25) is 0 Å². The van der Waals surface area contributed by atoms with E-state index in [-0.39, 0.29) is 11.6 Å². The van der Waals surface area contributed by atoms with Gasteiger partial charge < -0.3 is 5.32 Å². The first kappa shape index (κ1) is 18.3. The minimum absolute atomic E-state index is 0.0510. The number of anilines is 1. The van der Waals surface area contributed by atoms with E-state index in [4.69, 9.17) is 0 Å². The minimum Gasteiger partial charge on any atom is -0.319 e. The molecule has 0 bridgehead atoms. The zero-order valence-corrected chi connectivity index (χ0v) is 15.4. The number of aryl methyl sites for hydroxylation is 2. The Balaban J connectivity index is 1.81. The van der Waals surface area contributed by atoms with Crippen LogP contribution in [-0.2, 0) is 6.54 Å². The molecule has 0 atom stereocenters. The SMILES string of the molecule is Cc1ccccc1Cn1nc(C)c(NC(=O)c2ccc([N+](=O)[O-])cc2)c1C. The van der Waals surface area contributed by atoms with Crippen molar-refractivity contribution in [3.8, 4) is 0 Å². The van der Waals surface area contributed by atoms with E-state index in [2.05, 4.69) is 29.5 Å². The fourth-order valence-corrected chi connectivity index (χ4v) is 2.90. The molecule has 1 aromatic heterocycles. The van der Waals surface area contributed by atoms with E-state index in [9.17, 15) is 14.9 Å². The Bertz CT molecular complexity index is 1010. The summed E-state index contributed by atoms with van der Waals surface area (Å²) in [6.07, 6.45) is 0. The molecule has 0 saturated heterocycles. The van der Waals surface area contributed by atoms with Gasteiger partial charge in [-0.2, -0.15) is 5.10 Å². The highest BCUT2D eigenvalue weighted by molar-refractivity contribution is 6.05. The van der Waals surface area contributed by atoms with Crippen molar-refractivity contribution >= 4 is 17.3 Å². The fourth-order valence-electron chi connectivity index (χ4n) is 2.90. The van der Waals surface area contributed by atoms with Crippen molar-refractivity contribution in [2.45, 2.75) is 27.3 Å². The summed E-state index contributed by atoms with van der Waals surface area (Å²) in [5.74, 6) is -0.327.